The van der Waals surface area contributed by atoms with Crippen LogP contribution < -0.4 is 10.6 Å². The molecule has 0 bridgehead atoms. The molecule has 0 heterocycles. The third-order valence-corrected chi connectivity index (χ3v) is 4.54. The number of carbonyl (C=O) groups excluding carboxylic acids is 2. The van der Waals surface area contributed by atoms with E-state index in [9.17, 15) is 9.59 Å². The van der Waals surface area contributed by atoms with Crippen LogP contribution in [0.25, 0.3) is 0 Å². The second kappa shape index (κ2) is 7.09. The van der Waals surface area contributed by atoms with Gasteiger partial charge in [-0.25, -0.2) is 0 Å². The Hall–Kier alpha value is -2.62. The van der Waals surface area contributed by atoms with Gasteiger partial charge in [-0.15, -0.1) is 0 Å². The molecular weight excluding hydrogens is 312 g/mol. The summed E-state index contributed by atoms with van der Waals surface area (Å²) in [5.74, 6) is -0.666. The lowest BCUT2D eigenvalue weighted by Gasteiger charge is -2.23. The molecule has 0 saturated carbocycles. The lowest BCUT2D eigenvalue weighted by atomic mass is 9.90. The van der Waals surface area contributed by atoms with Crippen LogP contribution in [0.1, 0.15) is 36.1 Å². The average Bonchev–Trinajstić information content (AvgIpc) is 2.54. The fourth-order valence-electron chi connectivity index (χ4n) is 2.36. The SMILES string of the molecule is Cc1ccc(C)c(NC(=O)C(C)(C)C(=O)Nc2ccc(C)c(C)c2)c1. The van der Waals surface area contributed by atoms with Crippen molar-refractivity contribution < 1.29 is 9.59 Å². The van der Waals surface area contributed by atoms with Crippen molar-refractivity contribution in [1.82, 2.24) is 0 Å². The molecule has 0 unspecified atom stereocenters. The maximum absolute atomic E-state index is 12.7. The molecular formula is C21H26N2O2. The molecule has 0 saturated heterocycles. The standard InChI is InChI=1S/C21H26N2O2/c1-13-7-8-15(3)18(11-13)23-20(25)21(5,6)19(24)22-17-10-9-14(2)16(4)12-17/h7-12H,1-6H3,(H,22,24)(H,23,25). The van der Waals surface area contributed by atoms with Crippen LogP contribution >= 0.6 is 0 Å². The lowest BCUT2D eigenvalue weighted by Crippen LogP contribution is -2.41. The Bertz CT molecular complexity index is 823. The fraction of sp³-hybridized carbons (Fsp3) is 0.333. The summed E-state index contributed by atoms with van der Waals surface area (Å²) < 4.78 is 0. The van der Waals surface area contributed by atoms with E-state index in [-0.39, 0.29) is 11.8 Å². The average molecular weight is 338 g/mol. The van der Waals surface area contributed by atoms with Crippen molar-refractivity contribution in [2.75, 3.05) is 10.6 Å². The first-order chi connectivity index (χ1) is 11.6. The first-order valence-electron chi connectivity index (χ1n) is 8.38. The minimum Gasteiger partial charge on any atom is -0.325 e. The van der Waals surface area contributed by atoms with Crippen molar-refractivity contribution in [3.63, 3.8) is 0 Å². The van der Waals surface area contributed by atoms with Gasteiger partial charge in [0, 0.05) is 11.4 Å². The van der Waals surface area contributed by atoms with Gasteiger partial charge in [-0.2, -0.15) is 0 Å². The molecule has 0 aromatic heterocycles. The first-order valence-corrected chi connectivity index (χ1v) is 8.38. The molecule has 4 heteroatoms. The predicted molar refractivity (Wildman–Crippen MR) is 103 cm³/mol. The van der Waals surface area contributed by atoms with Crippen molar-refractivity contribution in [2.24, 2.45) is 5.41 Å². The van der Waals surface area contributed by atoms with Crippen molar-refractivity contribution in [2.45, 2.75) is 41.5 Å². The second-order valence-corrected chi connectivity index (χ2v) is 7.15. The Kier molecular flexibility index (Phi) is 5.31. The van der Waals surface area contributed by atoms with Crippen LogP contribution in [-0.4, -0.2) is 11.8 Å². The van der Waals surface area contributed by atoms with Gasteiger partial charge >= 0.3 is 0 Å². The second-order valence-electron chi connectivity index (χ2n) is 7.15. The molecule has 2 aromatic carbocycles. The van der Waals surface area contributed by atoms with E-state index in [1.54, 1.807) is 13.8 Å². The molecule has 2 N–H and O–H groups in total. The van der Waals surface area contributed by atoms with E-state index in [0.717, 1.165) is 27.9 Å². The first kappa shape index (κ1) is 18.7. The molecule has 0 aliphatic carbocycles. The van der Waals surface area contributed by atoms with Crippen molar-refractivity contribution in [1.29, 1.82) is 0 Å². The minimum atomic E-state index is -1.20. The van der Waals surface area contributed by atoms with Gasteiger partial charge in [0.15, 0.2) is 0 Å². The molecule has 2 amide bonds. The van der Waals surface area contributed by atoms with Gasteiger partial charge in [0.05, 0.1) is 0 Å². The zero-order valence-electron chi connectivity index (χ0n) is 15.8. The number of carbonyl (C=O) groups is 2. The van der Waals surface area contributed by atoms with Crippen LogP contribution in [0.15, 0.2) is 36.4 Å². The largest absolute Gasteiger partial charge is 0.325 e. The Labute approximate surface area is 149 Å². The predicted octanol–water partition coefficient (Wildman–Crippen LogP) is 4.52. The molecule has 2 rings (SSSR count). The zero-order chi connectivity index (χ0) is 18.8. The molecule has 0 fully saturated rings. The maximum atomic E-state index is 12.7. The molecule has 0 aliphatic heterocycles. The highest BCUT2D eigenvalue weighted by Crippen LogP contribution is 2.24. The van der Waals surface area contributed by atoms with E-state index in [2.05, 4.69) is 10.6 Å². The molecule has 0 spiro atoms. The highest BCUT2D eigenvalue weighted by molar-refractivity contribution is 6.14. The van der Waals surface area contributed by atoms with Crippen molar-refractivity contribution in [3.8, 4) is 0 Å². The summed E-state index contributed by atoms with van der Waals surface area (Å²) in [6.07, 6.45) is 0. The summed E-state index contributed by atoms with van der Waals surface area (Å²) in [6, 6.07) is 11.6. The van der Waals surface area contributed by atoms with Gasteiger partial charge in [0.2, 0.25) is 11.8 Å². The zero-order valence-corrected chi connectivity index (χ0v) is 15.8. The topological polar surface area (TPSA) is 58.2 Å². The molecule has 25 heavy (non-hydrogen) atoms. The molecule has 0 atom stereocenters. The van der Waals surface area contributed by atoms with E-state index in [1.165, 1.54) is 0 Å². The van der Waals surface area contributed by atoms with E-state index in [0.29, 0.717) is 5.69 Å². The Morgan fingerprint density at radius 2 is 1.36 bits per heavy atom. The summed E-state index contributed by atoms with van der Waals surface area (Å²) in [5, 5.41) is 5.72. The molecule has 4 nitrogen and oxygen atoms in total. The van der Waals surface area contributed by atoms with Gasteiger partial charge in [0.1, 0.15) is 5.41 Å². The van der Waals surface area contributed by atoms with E-state index in [4.69, 9.17) is 0 Å². The summed E-state index contributed by atoms with van der Waals surface area (Å²) >= 11 is 0. The summed E-state index contributed by atoms with van der Waals surface area (Å²) in [6.45, 7) is 11.2. The van der Waals surface area contributed by atoms with Crippen molar-refractivity contribution in [3.05, 3.63) is 58.7 Å². The minimum absolute atomic E-state index is 0.331. The van der Waals surface area contributed by atoms with E-state index >= 15 is 0 Å². The summed E-state index contributed by atoms with van der Waals surface area (Å²) in [4.78, 5) is 25.3. The monoisotopic (exact) mass is 338 g/mol. The summed E-state index contributed by atoms with van der Waals surface area (Å²) in [5.41, 5.74) is 4.50. The number of hydrogen-bond donors (Lipinski definition) is 2. The number of aryl methyl sites for hydroxylation is 4. The van der Waals surface area contributed by atoms with Crippen LogP contribution in [0.5, 0.6) is 0 Å². The van der Waals surface area contributed by atoms with Crippen LogP contribution in [0.2, 0.25) is 0 Å². The quantitative estimate of drug-likeness (QED) is 0.805. The number of hydrogen-bond acceptors (Lipinski definition) is 2. The van der Waals surface area contributed by atoms with Crippen LogP contribution in [0, 0.1) is 33.1 Å². The Balaban J connectivity index is 2.15. The van der Waals surface area contributed by atoms with Crippen molar-refractivity contribution >= 4 is 23.2 Å². The van der Waals surface area contributed by atoms with Gasteiger partial charge < -0.3 is 10.6 Å². The van der Waals surface area contributed by atoms with E-state index < -0.39 is 5.41 Å². The van der Waals surface area contributed by atoms with Crippen LogP contribution in [0.3, 0.4) is 0 Å². The third-order valence-electron chi connectivity index (χ3n) is 4.54. The molecule has 0 radical (unpaired) electrons. The van der Waals surface area contributed by atoms with Gasteiger partial charge in [0.25, 0.3) is 0 Å². The number of benzene rings is 2. The van der Waals surface area contributed by atoms with Gasteiger partial charge in [-0.3, -0.25) is 9.59 Å². The fourth-order valence-corrected chi connectivity index (χ4v) is 2.36. The van der Waals surface area contributed by atoms with Gasteiger partial charge in [-0.05, 0) is 82.0 Å². The number of amides is 2. The normalized spacial score (nSPS) is 11.1. The highest BCUT2D eigenvalue weighted by Gasteiger charge is 2.36. The smallest absolute Gasteiger partial charge is 0.239 e. The Morgan fingerprint density at radius 3 is 2.00 bits per heavy atom. The Morgan fingerprint density at radius 1 is 0.760 bits per heavy atom. The maximum Gasteiger partial charge on any atom is 0.239 e. The van der Waals surface area contributed by atoms with Crippen LogP contribution in [-0.2, 0) is 9.59 Å². The molecule has 132 valence electrons. The number of anilines is 2. The van der Waals surface area contributed by atoms with Gasteiger partial charge in [-0.1, -0.05) is 18.2 Å². The molecule has 2 aromatic rings. The van der Waals surface area contributed by atoms with E-state index in [1.807, 2.05) is 64.1 Å². The third kappa shape index (κ3) is 4.27. The number of nitrogens with one attached hydrogen (secondary N) is 2. The van der Waals surface area contributed by atoms with Crippen LogP contribution in [0.4, 0.5) is 11.4 Å². The summed E-state index contributed by atoms with van der Waals surface area (Å²) in [7, 11) is 0. The number of rotatable bonds is 4. The highest BCUT2D eigenvalue weighted by atomic mass is 16.2. The lowest BCUT2D eigenvalue weighted by molar-refractivity contribution is -0.135. The molecule has 0 aliphatic rings.